The maximum absolute atomic E-state index is 13.3. The number of carbonyl (C=O) groups is 1. The van der Waals surface area contributed by atoms with E-state index in [1.807, 2.05) is 52.8 Å². The Morgan fingerprint density at radius 1 is 1.14 bits per heavy atom. The Bertz CT molecular complexity index is 995. The number of fused-ring (bicyclic) bond motifs is 1. The third-order valence-corrected chi connectivity index (χ3v) is 7.46. The van der Waals surface area contributed by atoms with Crippen molar-refractivity contribution in [2.45, 2.75) is 45.1 Å². The van der Waals surface area contributed by atoms with Crippen LogP contribution in [0.3, 0.4) is 0 Å². The van der Waals surface area contributed by atoms with Gasteiger partial charge < -0.3 is 4.90 Å². The minimum atomic E-state index is 0.103. The summed E-state index contributed by atoms with van der Waals surface area (Å²) in [7, 11) is 0. The Labute approximate surface area is 175 Å². The highest BCUT2D eigenvalue weighted by Gasteiger charge is 2.40. The van der Waals surface area contributed by atoms with Crippen LogP contribution in [-0.4, -0.2) is 38.2 Å². The first kappa shape index (κ1) is 18.6. The molecule has 0 bridgehead atoms. The molecule has 1 amide bonds. The van der Waals surface area contributed by atoms with Crippen molar-refractivity contribution in [2.24, 2.45) is 11.8 Å². The van der Waals surface area contributed by atoms with Crippen LogP contribution in [0.2, 0.25) is 0 Å². The first-order valence-electron chi connectivity index (χ1n) is 10.6. The minimum Gasteiger partial charge on any atom is -0.334 e. The van der Waals surface area contributed by atoms with Crippen LogP contribution in [0.1, 0.15) is 49.5 Å². The smallest absolute Gasteiger partial charge is 0.273 e. The van der Waals surface area contributed by atoms with Crippen LogP contribution >= 0.6 is 11.3 Å². The number of hydrogen-bond acceptors (Lipinski definition) is 4. The Kier molecular flexibility index (Phi) is 4.96. The number of carbonyl (C=O) groups excluding carboxylic acids is 1. The summed E-state index contributed by atoms with van der Waals surface area (Å²) in [4.78, 5) is 20.1. The number of thiazole rings is 1. The summed E-state index contributed by atoms with van der Waals surface area (Å²) in [6.07, 6.45) is 9.84. The fraction of sp³-hybridized carbons (Fsp3) is 0.435. The summed E-state index contributed by atoms with van der Waals surface area (Å²) in [6, 6.07) is 10.4. The van der Waals surface area contributed by atoms with Gasteiger partial charge in [0.15, 0.2) is 0 Å². The van der Waals surface area contributed by atoms with Crippen molar-refractivity contribution in [2.75, 3.05) is 6.54 Å². The molecule has 3 atom stereocenters. The summed E-state index contributed by atoms with van der Waals surface area (Å²) < 4.78 is 1.84. The molecule has 5 nitrogen and oxygen atoms in total. The number of nitrogens with zero attached hydrogens (tertiary/aromatic N) is 4. The second kappa shape index (κ2) is 7.75. The van der Waals surface area contributed by atoms with Gasteiger partial charge in [0.05, 0.1) is 11.9 Å². The van der Waals surface area contributed by atoms with Crippen LogP contribution in [-0.2, 0) is 0 Å². The normalized spacial score (nSPS) is 24.3. The first-order chi connectivity index (χ1) is 14.2. The molecule has 2 aromatic heterocycles. The maximum atomic E-state index is 13.3. The van der Waals surface area contributed by atoms with Gasteiger partial charge in [-0.05, 0) is 43.2 Å². The molecule has 6 heteroatoms. The van der Waals surface area contributed by atoms with E-state index in [2.05, 4.69) is 16.9 Å². The lowest BCUT2D eigenvalue weighted by molar-refractivity contribution is 0.0214. The summed E-state index contributed by atoms with van der Waals surface area (Å²) in [5, 5.41) is 7.22. The molecule has 5 rings (SSSR count). The van der Waals surface area contributed by atoms with Crippen molar-refractivity contribution in [3.8, 4) is 16.3 Å². The molecule has 1 saturated carbocycles. The van der Waals surface area contributed by atoms with Crippen molar-refractivity contribution in [1.29, 1.82) is 0 Å². The fourth-order valence-corrected chi connectivity index (χ4v) is 5.74. The lowest BCUT2D eigenvalue weighted by Crippen LogP contribution is -2.52. The van der Waals surface area contributed by atoms with Crippen LogP contribution < -0.4 is 0 Å². The quantitative estimate of drug-likeness (QED) is 0.612. The average Bonchev–Trinajstić information content (AvgIpc) is 3.44. The highest BCUT2D eigenvalue weighted by atomic mass is 32.1. The molecule has 2 fully saturated rings. The number of rotatable bonds is 3. The lowest BCUT2D eigenvalue weighted by atomic mass is 9.72. The molecule has 1 saturated heterocycles. The predicted molar refractivity (Wildman–Crippen MR) is 115 cm³/mol. The molecule has 1 aliphatic carbocycles. The number of amides is 1. The monoisotopic (exact) mass is 406 g/mol. The predicted octanol–water partition coefficient (Wildman–Crippen LogP) is 5.04. The van der Waals surface area contributed by atoms with Crippen LogP contribution in [0.4, 0.5) is 0 Å². The van der Waals surface area contributed by atoms with E-state index in [1.165, 1.54) is 30.6 Å². The van der Waals surface area contributed by atoms with Gasteiger partial charge >= 0.3 is 0 Å². The van der Waals surface area contributed by atoms with Crippen molar-refractivity contribution in [3.63, 3.8) is 0 Å². The van der Waals surface area contributed by atoms with Crippen LogP contribution in [0.25, 0.3) is 16.3 Å². The SMILES string of the molecule is CC1CCN(C(=O)c2csc(-c3cnn(-c4ccccc4)c3)n2)C2CCCCC12. The zero-order valence-electron chi connectivity index (χ0n) is 16.7. The minimum absolute atomic E-state index is 0.103. The van der Waals surface area contributed by atoms with Gasteiger partial charge in [0.2, 0.25) is 0 Å². The third kappa shape index (κ3) is 3.50. The Morgan fingerprint density at radius 3 is 2.83 bits per heavy atom. The Hall–Kier alpha value is -2.47. The van der Waals surface area contributed by atoms with Gasteiger partial charge in [-0.15, -0.1) is 11.3 Å². The fourth-order valence-electron chi connectivity index (χ4n) is 4.97. The molecule has 0 radical (unpaired) electrons. The number of hydrogen-bond donors (Lipinski definition) is 0. The maximum Gasteiger partial charge on any atom is 0.273 e. The average molecular weight is 407 g/mol. The largest absolute Gasteiger partial charge is 0.334 e. The van der Waals surface area contributed by atoms with Crippen LogP contribution in [0.5, 0.6) is 0 Å². The van der Waals surface area contributed by atoms with E-state index < -0.39 is 0 Å². The van der Waals surface area contributed by atoms with Crippen LogP contribution in [0, 0.1) is 11.8 Å². The van der Waals surface area contributed by atoms with E-state index in [0.717, 1.165) is 41.6 Å². The van der Waals surface area contributed by atoms with Crippen molar-refractivity contribution < 1.29 is 4.79 Å². The highest BCUT2D eigenvalue weighted by molar-refractivity contribution is 7.13. The van der Waals surface area contributed by atoms with Gasteiger partial charge in [-0.2, -0.15) is 5.10 Å². The second-order valence-electron chi connectivity index (χ2n) is 8.33. The van der Waals surface area contributed by atoms with E-state index in [-0.39, 0.29) is 5.91 Å². The van der Waals surface area contributed by atoms with Gasteiger partial charge in [0, 0.05) is 29.7 Å². The molecule has 2 aliphatic rings. The second-order valence-corrected chi connectivity index (χ2v) is 9.19. The molecular weight excluding hydrogens is 380 g/mol. The number of likely N-dealkylation sites (tertiary alicyclic amines) is 1. The molecule has 1 aliphatic heterocycles. The summed E-state index contributed by atoms with van der Waals surface area (Å²) >= 11 is 1.52. The van der Waals surface area contributed by atoms with E-state index in [4.69, 9.17) is 4.98 Å². The van der Waals surface area contributed by atoms with Crippen molar-refractivity contribution in [3.05, 3.63) is 53.8 Å². The number of para-hydroxylation sites is 1. The van der Waals surface area contributed by atoms with Gasteiger partial charge in [-0.1, -0.05) is 38.0 Å². The number of aromatic nitrogens is 3. The zero-order chi connectivity index (χ0) is 19.8. The molecule has 0 spiro atoms. The van der Waals surface area contributed by atoms with E-state index in [9.17, 15) is 4.79 Å². The van der Waals surface area contributed by atoms with E-state index in [0.29, 0.717) is 17.7 Å². The number of benzene rings is 1. The first-order valence-corrected chi connectivity index (χ1v) is 11.5. The third-order valence-electron chi connectivity index (χ3n) is 6.57. The van der Waals surface area contributed by atoms with Gasteiger partial charge in [-0.25, -0.2) is 9.67 Å². The molecule has 3 heterocycles. The summed E-state index contributed by atoms with van der Waals surface area (Å²) in [5.41, 5.74) is 2.54. The Morgan fingerprint density at radius 2 is 1.97 bits per heavy atom. The molecule has 0 N–H and O–H groups in total. The van der Waals surface area contributed by atoms with Crippen LogP contribution in [0.15, 0.2) is 48.1 Å². The molecule has 1 aromatic carbocycles. The van der Waals surface area contributed by atoms with Gasteiger partial charge in [-0.3, -0.25) is 4.79 Å². The van der Waals surface area contributed by atoms with Crippen molar-refractivity contribution in [1.82, 2.24) is 19.7 Å². The molecule has 3 unspecified atom stereocenters. The topological polar surface area (TPSA) is 51.0 Å². The highest BCUT2D eigenvalue weighted by Crippen LogP contribution is 2.39. The zero-order valence-corrected chi connectivity index (χ0v) is 17.5. The summed E-state index contributed by atoms with van der Waals surface area (Å²) in [5.74, 6) is 1.48. The van der Waals surface area contributed by atoms with Crippen molar-refractivity contribution >= 4 is 17.2 Å². The molecule has 150 valence electrons. The standard InChI is InChI=1S/C23H26N4OS/c1-16-11-12-26(21-10-6-5-9-19(16)21)23(28)20-15-29-22(25-20)17-13-24-27(14-17)18-7-3-2-4-8-18/h2-4,7-8,13-16,19,21H,5-6,9-12H2,1H3. The van der Waals surface area contributed by atoms with E-state index in [1.54, 1.807) is 0 Å². The number of piperidine rings is 1. The summed E-state index contributed by atoms with van der Waals surface area (Å²) in [6.45, 7) is 3.22. The molecular formula is C23H26N4OS. The molecule has 29 heavy (non-hydrogen) atoms. The van der Waals surface area contributed by atoms with E-state index >= 15 is 0 Å². The van der Waals surface area contributed by atoms with Gasteiger partial charge in [0.1, 0.15) is 10.7 Å². The Balaban J connectivity index is 1.36. The lowest BCUT2D eigenvalue weighted by Gasteiger charge is -2.47. The van der Waals surface area contributed by atoms with Gasteiger partial charge in [0.25, 0.3) is 5.91 Å². The molecule has 3 aromatic rings.